The molecule has 3 aromatic rings. The number of aromatic hydroxyl groups is 1. The Kier molecular flexibility index (Phi) is 10.4. The zero-order valence-corrected chi connectivity index (χ0v) is 23.7. The van der Waals surface area contributed by atoms with Crippen LogP contribution < -0.4 is 9.47 Å². The molecule has 228 valence electrons. The fraction of sp³-hybridized carbons (Fsp3) is 0.364. The van der Waals surface area contributed by atoms with Gasteiger partial charge in [0.25, 0.3) is 0 Å². The van der Waals surface area contributed by atoms with Crippen molar-refractivity contribution in [1.29, 1.82) is 0 Å². The smallest absolute Gasteiger partial charge is 0.425 e. The van der Waals surface area contributed by atoms with Crippen LogP contribution in [0.4, 0.5) is 13.2 Å². The number of fused-ring (bicyclic) bond motifs is 1. The molecule has 0 spiro atoms. The Labute approximate surface area is 247 Å². The van der Waals surface area contributed by atoms with Crippen LogP contribution >= 0.6 is 0 Å². The van der Waals surface area contributed by atoms with Gasteiger partial charge in [-0.15, -0.1) is 0 Å². The van der Waals surface area contributed by atoms with Gasteiger partial charge >= 0.3 is 24.1 Å². The summed E-state index contributed by atoms with van der Waals surface area (Å²) in [6.07, 6.45) is -2.50. The lowest BCUT2D eigenvalue weighted by Crippen LogP contribution is -2.33. The van der Waals surface area contributed by atoms with Crippen molar-refractivity contribution >= 4 is 17.9 Å². The Morgan fingerprint density at radius 1 is 0.907 bits per heavy atom. The average Bonchev–Trinajstić information content (AvgIpc) is 2.98. The average molecular weight is 599 g/mol. The Bertz CT molecular complexity index is 1430. The molecule has 1 N–H and O–H groups in total. The van der Waals surface area contributed by atoms with Crippen molar-refractivity contribution in [3.63, 3.8) is 0 Å². The van der Waals surface area contributed by atoms with Gasteiger partial charge in [-0.2, -0.15) is 13.2 Å². The number of carbonyl (C=O) groups excluding carboxylic acids is 3. The van der Waals surface area contributed by atoms with E-state index in [4.69, 9.17) is 14.2 Å². The van der Waals surface area contributed by atoms with Crippen molar-refractivity contribution < 1.29 is 46.9 Å². The van der Waals surface area contributed by atoms with E-state index in [2.05, 4.69) is 0 Å². The minimum Gasteiger partial charge on any atom is -0.507 e. The Hall–Kier alpha value is -4.34. The number of carbonyl (C=O) groups is 3. The molecule has 3 aromatic carbocycles. The van der Waals surface area contributed by atoms with Crippen LogP contribution in [0.3, 0.4) is 0 Å². The Balaban J connectivity index is 1.43. The van der Waals surface area contributed by atoms with E-state index in [0.29, 0.717) is 12.8 Å². The number of aryl methyl sites for hydroxylation is 1. The van der Waals surface area contributed by atoms with Crippen LogP contribution in [0, 0.1) is 0 Å². The number of phenols is 1. The highest BCUT2D eigenvalue weighted by Gasteiger charge is 2.42. The lowest BCUT2D eigenvalue weighted by Gasteiger charge is -2.24. The second-order valence-electron chi connectivity index (χ2n) is 10.4. The lowest BCUT2D eigenvalue weighted by molar-refractivity contribution is -0.206. The van der Waals surface area contributed by atoms with Crippen LogP contribution in [-0.2, 0) is 16.0 Å². The van der Waals surface area contributed by atoms with Gasteiger partial charge in [0.05, 0.1) is 11.5 Å². The topological polar surface area (TPSA) is 99.1 Å². The SMILES string of the molecule is CCCCCC[C@@H](OC(=O)c1ccc(OC(=O)c2c(O)cccc2OC(=O)C2CCCc3ccccc32)cc1)C(F)(F)F. The van der Waals surface area contributed by atoms with Gasteiger partial charge < -0.3 is 19.3 Å². The maximum absolute atomic E-state index is 13.4. The molecule has 43 heavy (non-hydrogen) atoms. The first-order valence-electron chi connectivity index (χ1n) is 14.3. The first kappa shape index (κ1) is 31.6. The van der Waals surface area contributed by atoms with E-state index >= 15 is 0 Å². The predicted molar refractivity (Wildman–Crippen MR) is 151 cm³/mol. The normalized spacial score (nSPS) is 15.2. The van der Waals surface area contributed by atoms with Gasteiger partial charge in [0.1, 0.15) is 22.8 Å². The van der Waals surface area contributed by atoms with E-state index in [1.165, 1.54) is 42.5 Å². The summed E-state index contributed by atoms with van der Waals surface area (Å²) in [5.74, 6) is -4.02. The van der Waals surface area contributed by atoms with E-state index in [1.807, 2.05) is 31.2 Å². The molecule has 0 aliphatic heterocycles. The summed E-state index contributed by atoms with van der Waals surface area (Å²) in [6, 6.07) is 16.4. The van der Waals surface area contributed by atoms with Crippen LogP contribution in [0.2, 0.25) is 0 Å². The predicted octanol–water partition coefficient (Wildman–Crippen LogP) is 7.70. The van der Waals surface area contributed by atoms with Crippen molar-refractivity contribution in [3.8, 4) is 17.2 Å². The number of halogens is 3. The number of hydrogen-bond donors (Lipinski definition) is 1. The molecule has 2 atom stereocenters. The molecule has 10 heteroatoms. The largest absolute Gasteiger partial charge is 0.507 e. The first-order valence-corrected chi connectivity index (χ1v) is 14.3. The summed E-state index contributed by atoms with van der Waals surface area (Å²) >= 11 is 0. The monoisotopic (exact) mass is 598 g/mol. The van der Waals surface area contributed by atoms with E-state index in [0.717, 1.165) is 36.8 Å². The van der Waals surface area contributed by atoms with Gasteiger partial charge in [0.15, 0.2) is 6.10 Å². The quantitative estimate of drug-likeness (QED) is 0.137. The summed E-state index contributed by atoms with van der Waals surface area (Å²) in [4.78, 5) is 38.6. The molecule has 0 amide bonds. The van der Waals surface area contributed by atoms with E-state index < -0.39 is 41.9 Å². The van der Waals surface area contributed by atoms with Gasteiger partial charge in [-0.05, 0) is 79.6 Å². The molecule has 0 heterocycles. The second-order valence-corrected chi connectivity index (χ2v) is 10.4. The molecule has 0 bridgehead atoms. The zero-order chi connectivity index (χ0) is 31.0. The van der Waals surface area contributed by atoms with Crippen molar-refractivity contribution in [2.24, 2.45) is 0 Å². The van der Waals surface area contributed by atoms with Gasteiger partial charge in [-0.25, -0.2) is 9.59 Å². The van der Waals surface area contributed by atoms with Crippen molar-refractivity contribution in [1.82, 2.24) is 0 Å². The minimum absolute atomic E-state index is 0.0600. The Morgan fingerprint density at radius 3 is 2.37 bits per heavy atom. The van der Waals surface area contributed by atoms with Crippen LogP contribution in [0.5, 0.6) is 17.2 Å². The second kappa shape index (κ2) is 14.2. The van der Waals surface area contributed by atoms with Crippen molar-refractivity contribution in [2.45, 2.75) is 76.5 Å². The number of alkyl halides is 3. The third kappa shape index (κ3) is 8.15. The molecule has 0 saturated heterocycles. The van der Waals surface area contributed by atoms with Crippen LogP contribution in [0.1, 0.15) is 89.6 Å². The molecule has 1 unspecified atom stereocenters. The molecule has 1 aliphatic rings. The molecular formula is C33H33F3O7. The highest BCUT2D eigenvalue weighted by atomic mass is 19.4. The van der Waals surface area contributed by atoms with Gasteiger partial charge in [0.2, 0.25) is 0 Å². The number of hydrogen-bond acceptors (Lipinski definition) is 7. The number of rotatable bonds is 11. The van der Waals surface area contributed by atoms with Gasteiger partial charge in [0, 0.05) is 0 Å². The maximum atomic E-state index is 13.4. The first-order chi connectivity index (χ1) is 20.6. The van der Waals surface area contributed by atoms with E-state index in [9.17, 15) is 32.7 Å². The highest BCUT2D eigenvalue weighted by Crippen LogP contribution is 2.35. The molecular weight excluding hydrogens is 565 g/mol. The summed E-state index contributed by atoms with van der Waals surface area (Å²) in [7, 11) is 0. The third-order valence-electron chi connectivity index (χ3n) is 7.31. The molecule has 0 aromatic heterocycles. The fourth-order valence-electron chi connectivity index (χ4n) is 5.05. The summed E-state index contributed by atoms with van der Waals surface area (Å²) < 4.78 is 55.9. The standard InChI is InChI=1S/C33H33F3O7/c1-2-3-4-5-16-28(33(34,35)36)43-30(38)22-17-19-23(20-18-22)41-32(40)29-26(37)14-9-15-27(29)42-31(39)25-13-8-11-21-10-6-7-12-24(21)25/h6-7,9-10,12,14-15,17-20,25,28,37H,2-5,8,11,13,16H2,1H3/t25?,28-/m1/s1. The summed E-state index contributed by atoms with van der Waals surface area (Å²) in [5, 5.41) is 10.4. The lowest BCUT2D eigenvalue weighted by atomic mass is 9.83. The molecule has 7 nitrogen and oxygen atoms in total. The number of unbranched alkanes of at least 4 members (excludes halogenated alkanes) is 3. The van der Waals surface area contributed by atoms with Crippen molar-refractivity contribution in [2.75, 3.05) is 0 Å². The molecule has 0 fully saturated rings. The van der Waals surface area contributed by atoms with E-state index in [-0.39, 0.29) is 35.5 Å². The zero-order valence-electron chi connectivity index (χ0n) is 23.7. The van der Waals surface area contributed by atoms with Crippen molar-refractivity contribution in [3.05, 3.63) is 89.0 Å². The third-order valence-corrected chi connectivity index (χ3v) is 7.31. The summed E-state index contributed by atoms with van der Waals surface area (Å²) in [6.45, 7) is 1.94. The fourth-order valence-corrected chi connectivity index (χ4v) is 5.05. The van der Waals surface area contributed by atoms with Crippen LogP contribution in [-0.4, -0.2) is 35.3 Å². The molecule has 0 radical (unpaired) electrons. The summed E-state index contributed by atoms with van der Waals surface area (Å²) in [5.41, 5.74) is 1.38. The molecule has 4 rings (SSSR count). The maximum Gasteiger partial charge on any atom is 0.425 e. The highest BCUT2D eigenvalue weighted by molar-refractivity contribution is 5.98. The van der Waals surface area contributed by atoms with Crippen LogP contribution in [0.15, 0.2) is 66.7 Å². The van der Waals surface area contributed by atoms with E-state index in [1.54, 1.807) is 0 Å². The van der Waals surface area contributed by atoms with Gasteiger partial charge in [-0.3, -0.25) is 4.79 Å². The Morgan fingerprint density at radius 2 is 1.65 bits per heavy atom. The number of benzene rings is 3. The molecule has 1 aliphatic carbocycles. The number of esters is 3. The number of ether oxygens (including phenoxy) is 3. The van der Waals surface area contributed by atoms with Gasteiger partial charge in [-0.1, -0.05) is 56.5 Å². The number of phenolic OH excluding ortho intramolecular Hbond substituents is 1. The minimum atomic E-state index is -4.70. The van der Waals surface area contributed by atoms with Crippen LogP contribution in [0.25, 0.3) is 0 Å². The molecule has 0 saturated carbocycles.